The molecular formula is C25H24N8. The first-order chi connectivity index (χ1) is 16.1. The van der Waals surface area contributed by atoms with Gasteiger partial charge < -0.3 is 4.57 Å². The zero-order valence-electron chi connectivity index (χ0n) is 18.8. The first kappa shape index (κ1) is 19.7. The van der Waals surface area contributed by atoms with Crippen LogP contribution in [0.15, 0.2) is 54.9 Å². The number of para-hydroxylation sites is 2. The second-order valence-electron chi connectivity index (χ2n) is 8.67. The number of hydrogen-bond donors (Lipinski definition) is 0. The van der Waals surface area contributed by atoms with Gasteiger partial charge >= 0.3 is 0 Å². The van der Waals surface area contributed by atoms with Crippen LogP contribution in [0.5, 0.6) is 0 Å². The molecule has 8 heteroatoms. The molecule has 0 saturated heterocycles. The third-order valence-corrected chi connectivity index (χ3v) is 6.19. The minimum atomic E-state index is 0.305. The molecule has 1 fully saturated rings. The van der Waals surface area contributed by atoms with Crippen molar-refractivity contribution in [1.82, 2.24) is 39.3 Å². The number of hydrogen-bond acceptors (Lipinski definition) is 6. The fraction of sp³-hybridized carbons (Fsp3) is 0.280. The molecule has 1 aliphatic rings. The summed E-state index contributed by atoms with van der Waals surface area (Å²) in [6, 6.07) is 14.5. The van der Waals surface area contributed by atoms with E-state index in [-0.39, 0.29) is 0 Å². The van der Waals surface area contributed by atoms with E-state index < -0.39 is 0 Å². The standard InChI is InChI=1S/C25H24N8/c1-15-28-22(12-24(29-15)33-17(3)27-16(2)31-33)19-11-20(19)25-30-21-8-4-5-9-23(21)32(25)14-18-7-6-10-26-13-18/h4-10,12-13,19-20H,11,14H2,1-3H3. The maximum atomic E-state index is 5.04. The Hall–Kier alpha value is -3.94. The highest BCUT2D eigenvalue weighted by Crippen LogP contribution is 2.54. The number of nitrogens with zero attached hydrogens (tertiary/aromatic N) is 8. The van der Waals surface area contributed by atoms with Gasteiger partial charge in [0.15, 0.2) is 5.82 Å². The van der Waals surface area contributed by atoms with Crippen LogP contribution in [-0.2, 0) is 6.54 Å². The zero-order valence-corrected chi connectivity index (χ0v) is 18.8. The Balaban J connectivity index is 1.37. The lowest BCUT2D eigenvalue weighted by Crippen LogP contribution is -2.07. The molecule has 0 radical (unpaired) electrons. The highest BCUT2D eigenvalue weighted by atomic mass is 15.4. The molecule has 33 heavy (non-hydrogen) atoms. The van der Waals surface area contributed by atoms with Gasteiger partial charge in [-0.05, 0) is 51.0 Å². The fourth-order valence-corrected chi connectivity index (χ4v) is 4.64. The lowest BCUT2D eigenvalue weighted by Gasteiger charge is -2.10. The topological polar surface area (TPSA) is 87.2 Å². The van der Waals surface area contributed by atoms with Crippen molar-refractivity contribution in [2.75, 3.05) is 0 Å². The summed E-state index contributed by atoms with van der Waals surface area (Å²) in [4.78, 5) is 23.1. The van der Waals surface area contributed by atoms with Gasteiger partial charge in [0.2, 0.25) is 0 Å². The molecule has 6 rings (SSSR count). The molecule has 0 N–H and O–H groups in total. The van der Waals surface area contributed by atoms with E-state index in [0.717, 1.165) is 64.4 Å². The van der Waals surface area contributed by atoms with Crippen molar-refractivity contribution < 1.29 is 0 Å². The van der Waals surface area contributed by atoms with Crippen LogP contribution in [0.3, 0.4) is 0 Å². The number of aromatic nitrogens is 8. The quantitative estimate of drug-likeness (QED) is 0.413. The third-order valence-electron chi connectivity index (χ3n) is 6.19. The van der Waals surface area contributed by atoms with Gasteiger partial charge in [0.1, 0.15) is 23.3 Å². The molecule has 0 spiro atoms. The van der Waals surface area contributed by atoms with Crippen LogP contribution in [0.2, 0.25) is 0 Å². The van der Waals surface area contributed by atoms with Crippen molar-refractivity contribution in [3.8, 4) is 5.82 Å². The highest BCUT2D eigenvalue weighted by molar-refractivity contribution is 5.76. The Labute approximate surface area is 191 Å². The smallest absolute Gasteiger partial charge is 0.159 e. The van der Waals surface area contributed by atoms with Gasteiger partial charge in [-0.25, -0.2) is 19.9 Å². The molecule has 0 amide bonds. The van der Waals surface area contributed by atoms with Gasteiger partial charge in [0.25, 0.3) is 0 Å². The molecular weight excluding hydrogens is 412 g/mol. The Kier molecular flexibility index (Phi) is 4.53. The average molecular weight is 437 g/mol. The Bertz CT molecular complexity index is 1470. The summed E-state index contributed by atoms with van der Waals surface area (Å²) in [5.41, 5.74) is 4.37. The van der Waals surface area contributed by atoms with E-state index in [0.29, 0.717) is 11.8 Å². The predicted molar refractivity (Wildman–Crippen MR) is 124 cm³/mol. The number of fused-ring (bicyclic) bond motifs is 1. The number of benzene rings is 1. The van der Waals surface area contributed by atoms with E-state index in [1.165, 1.54) is 0 Å². The van der Waals surface area contributed by atoms with Gasteiger partial charge in [-0.2, -0.15) is 4.68 Å². The highest BCUT2D eigenvalue weighted by Gasteiger charge is 2.44. The van der Waals surface area contributed by atoms with Crippen LogP contribution in [0.1, 0.15) is 52.8 Å². The monoisotopic (exact) mass is 436 g/mol. The molecule has 4 heterocycles. The van der Waals surface area contributed by atoms with E-state index in [4.69, 9.17) is 9.97 Å². The summed E-state index contributed by atoms with van der Waals surface area (Å²) in [5.74, 6) is 4.79. The molecule has 1 saturated carbocycles. The van der Waals surface area contributed by atoms with E-state index in [1.54, 1.807) is 10.9 Å². The minimum Gasteiger partial charge on any atom is -0.323 e. The molecule has 8 nitrogen and oxygen atoms in total. The van der Waals surface area contributed by atoms with Crippen LogP contribution in [0, 0.1) is 20.8 Å². The lowest BCUT2D eigenvalue weighted by molar-refractivity contribution is 0.730. The summed E-state index contributed by atoms with van der Waals surface area (Å²) in [7, 11) is 0. The van der Waals surface area contributed by atoms with Crippen molar-refractivity contribution in [3.63, 3.8) is 0 Å². The van der Waals surface area contributed by atoms with Crippen molar-refractivity contribution in [2.24, 2.45) is 0 Å². The van der Waals surface area contributed by atoms with Crippen molar-refractivity contribution in [1.29, 1.82) is 0 Å². The Morgan fingerprint density at radius 1 is 0.909 bits per heavy atom. The maximum Gasteiger partial charge on any atom is 0.159 e. The number of rotatable bonds is 5. The van der Waals surface area contributed by atoms with Crippen LogP contribution in [0.25, 0.3) is 16.9 Å². The van der Waals surface area contributed by atoms with E-state index in [9.17, 15) is 0 Å². The number of pyridine rings is 1. The normalized spacial score (nSPS) is 17.5. The van der Waals surface area contributed by atoms with Crippen LogP contribution >= 0.6 is 0 Å². The molecule has 0 aliphatic heterocycles. The molecule has 2 unspecified atom stereocenters. The third kappa shape index (κ3) is 3.57. The summed E-state index contributed by atoms with van der Waals surface area (Å²) in [6.45, 7) is 6.51. The largest absolute Gasteiger partial charge is 0.323 e. The van der Waals surface area contributed by atoms with Crippen molar-refractivity contribution in [3.05, 3.63) is 89.4 Å². The number of aryl methyl sites for hydroxylation is 3. The van der Waals surface area contributed by atoms with Gasteiger partial charge in [-0.1, -0.05) is 18.2 Å². The second kappa shape index (κ2) is 7.58. The zero-order chi connectivity index (χ0) is 22.5. The number of imidazole rings is 1. The van der Waals surface area contributed by atoms with E-state index in [2.05, 4.69) is 48.9 Å². The Morgan fingerprint density at radius 3 is 2.58 bits per heavy atom. The van der Waals surface area contributed by atoms with Gasteiger partial charge in [0.05, 0.1) is 23.3 Å². The molecule has 1 aliphatic carbocycles. The van der Waals surface area contributed by atoms with Gasteiger partial charge in [-0.15, -0.1) is 5.10 Å². The predicted octanol–water partition coefficient (Wildman–Crippen LogP) is 4.05. The van der Waals surface area contributed by atoms with Gasteiger partial charge in [-0.3, -0.25) is 4.98 Å². The van der Waals surface area contributed by atoms with Crippen LogP contribution in [-0.4, -0.2) is 39.3 Å². The molecule has 5 aromatic rings. The van der Waals surface area contributed by atoms with Crippen molar-refractivity contribution >= 4 is 11.0 Å². The lowest BCUT2D eigenvalue weighted by atomic mass is 10.2. The molecule has 0 bridgehead atoms. The van der Waals surface area contributed by atoms with Crippen LogP contribution < -0.4 is 0 Å². The summed E-state index contributed by atoms with van der Waals surface area (Å²) >= 11 is 0. The fourth-order valence-electron chi connectivity index (χ4n) is 4.64. The summed E-state index contributed by atoms with van der Waals surface area (Å²) < 4.78 is 4.12. The average Bonchev–Trinajstić information content (AvgIpc) is 3.43. The summed E-state index contributed by atoms with van der Waals surface area (Å²) in [6.07, 6.45) is 4.74. The first-order valence-electron chi connectivity index (χ1n) is 11.2. The van der Waals surface area contributed by atoms with Crippen molar-refractivity contribution in [2.45, 2.75) is 45.6 Å². The molecule has 2 atom stereocenters. The molecule has 4 aromatic heterocycles. The first-order valence-corrected chi connectivity index (χ1v) is 11.2. The molecule has 1 aromatic carbocycles. The Morgan fingerprint density at radius 2 is 1.79 bits per heavy atom. The SMILES string of the molecule is Cc1nc(C2CC2c2nc3ccccc3n2Cc2cccnc2)cc(-n2nc(C)nc2C)n1. The minimum absolute atomic E-state index is 0.305. The van der Waals surface area contributed by atoms with E-state index in [1.807, 2.05) is 45.2 Å². The molecule has 164 valence electrons. The van der Waals surface area contributed by atoms with Crippen LogP contribution in [0.4, 0.5) is 0 Å². The van der Waals surface area contributed by atoms with Gasteiger partial charge in [0, 0.05) is 30.3 Å². The summed E-state index contributed by atoms with van der Waals surface area (Å²) in [5, 5.41) is 4.50. The second-order valence-corrected chi connectivity index (χ2v) is 8.67. The van der Waals surface area contributed by atoms with E-state index >= 15 is 0 Å². The maximum absolute atomic E-state index is 5.04.